The summed E-state index contributed by atoms with van der Waals surface area (Å²) in [5.41, 5.74) is 2.90. The van der Waals surface area contributed by atoms with Crippen molar-refractivity contribution in [2.24, 2.45) is 17.8 Å². The molecule has 27 heavy (non-hydrogen) atoms. The van der Waals surface area contributed by atoms with Gasteiger partial charge in [-0.2, -0.15) is 0 Å². The van der Waals surface area contributed by atoms with E-state index in [1.54, 1.807) is 12.1 Å². The summed E-state index contributed by atoms with van der Waals surface area (Å²) in [6.45, 7) is 1.99. The first-order chi connectivity index (χ1) is 13.1. The molecule has 0 saturated heterocycles. The number of nitrogens with one attached hydrogen (secondary N) is 2. The normalized spacial score (nSPS) is 23.2. The van der Waals surface area contributed by atoms with E-state index < -0.39 is 0 Å². The molecule has 0 radical (unpaired) electrons. The fourth-order valence-electron chi connectivity index (χ4n) is 4.78. The van der Waals surface area contributed by atoms with Crippen molar-refractivity contribution in [1.82, 2.24) is 0 Å². The van der Waals surface area contributed by atoms with Crippen LogP contribution in [0.15, 0.2) is 48.5 Å². The number of benzene rings is 2. The van der Waals surface area contributed by atoms with Crippen molar-refractivity contribution < 1.29 is 9.59 Å². The van der Waals surface area contributed by atoms with Crippen molar-refractivity contribution in [2.75, 3.05) is 10.6 Å². The van der Waals surface area contributed by atoms with Crippen LogP contribution in [0.1, 0.15) is 48.0 Å². The zero-order valence-electron chi connectivity index (χ0n) is 15.7. The second-order valence-electron chi connectivity index (χ2n) is 8.06. The fourth-order valence-corrected chi connectivity index (χ4v) is 4.78. The van der Waals surface area contributed by atoms with Crippen LogP contribution in [0.5, 0.6) is 0 Å². The summed E-state index contributed by atoms with van der Waals surface area (Å²) in [4.78, 5) is 25.3. The van der Waals surface area contributed by atoms with Crippen LogP contribution in [0, 0.1) is 24.7 Å². The lowest BCUT2D eigenvalue weighted by atomic mass is 9.86. The zero-order chi connectivity index (χ0) is 18.8. The highest BCUT2D eigenvalue weighted by Crippen LogP contribution is 2.49. The van der Waals surface area contributed by atoms with Crippen molar-refractivity contribution in [1.29, 1.82) is 0 Å². The lowest BCUT2D eigenvalue weighted by Crippen LogP contribution is -2.22. The molecular weight excluding hydrogens is 336 g/mol. The van der Waals surface area contributed by atoms with E-state index in [2.05, 4.69) is 10.6 Å². The number of amides is 2. The van der Waals surface area contributed by atoms with Gasteiger partial charge in [0.2, 0.25) is 5.91 Å². The van der Waals surface area contributed by atoms with E-state index in [4.69, 9.17) is 0 Å². The summed E-state index contributed by atoms with van der Waals surface area (Å²) in [5.74, 6) is 1.87. The molecule has 2 amide bonds. The first kappa shape index (κ1) is 17.8. The van der Waals surface area contributed by atoms with Crippen LogP contribution in [0.4, 0.5) is 11.4 Å². The first-order valence-electron chi connectivity index (χ1n) is 9.85. The Morgan fingerprint density at radius 1 is 1.00 bits per heavy atom. The Bertz CT molecular complexity index is 861. The van der Waals surface area contributed by atoms with E-state index in [0.29, 0.717) is 23.6 Å². The van der Waals surface area contributed by atoms with E-state index >= 15 is 0 Å². The van der Waals surface area contributed by atoms with Crippen molar-refractivity contribution in [3.05, 3.63) is 59.7 Å². The van der Waals surface area contributed by atoms with Gasteiger partial charge in [0, 0.05) is 12.1 Å². The molecule has 2 N–H and O–H groups in total. The van der Waals surface area contributed by atoms with E-state index in [9.17, 15) is 9.59 Å². The third-order valence-electron chi connectivity index (χ3n) is 6.05. The predicted molar refractivity (Wildman–Crippen MR) is 108 cm³/mol. The molecule has 0 heterocycles. The van der Waals surface area contributed by atoms with Crippen LogP contribution in [-0.2, 0) is 4.79 Å². The molecular formula is C23H26N2O2. The number of para-hydroxylation sites is 1. The van der Waals surface area contributed by atoms with Gasteiger partial charge in [0.05, 0.1) is 11.3 Å². The molecule has 2 fully saturated rings. The summed E-state index contributed by atoms with van der Waals surface area (Å²) in [5, 5.41) is 5.89. The number of rotatable bonds is 5. The lowest BCUT2D eigenvalue weighted by Gasteiger charge is -2.21. The molecule has 4 rings (SSSR count). The molecule has 2 aliphatic rings. The van der Waals surface area contributed by atoms with Gasteiger partial charge in [-0.05, 0) is 73.8 Å². The topological polar surface area (TPSA) is 58.2 Å². The van der Waals surface area contributed by atoms with Gasteiger partial charge in [0.25, 0.3) is 5.91 Å². The van der Waals surface area contributed by atoms with E-state index in [-0.39, 0.29) is 11.8 Å². The Labute approximate surface area is 160 Å². The number of anilines is 2. The number of hydrogen-bond acceptors (Lipinski definition) is 2. The number of fused-ring (bicyclic) bond motifs is 2. The van der Waals surface area contributed by atoms with Crippen LogP contribution in [-0.4, -0.2) is 11.8 Å². The molecule has 0 aromatic heterocycles. The molecule has 4 nitrogen and oxygen atoms in total. The molecule has 2 bridgehead atoms. The molecule has 2 aromatic carbocycles. The summed E-state index contributed by atoms with van der Waals surface area (Å²) in [6, 6.07) is 14.9. The van der Waals surface area contributed by atoms with Gasteiger partial charge < -0.3 is 10.6 Å². The summed E-state index contributed by atoms with van der Waals surface area (Å²) < 4.78 is 0. The summed E-state index contributed by atoms with van der Waals surface area (Å²) in [7, 11) is 0. The van der Waals surface area contributed by atoms with Gasteiger partial charge in [-0.15, -0.1) is 0 Å². The first-order valence-corrected chi connectivity index (χ1v) is 9.85. The van der Waals surface area contributed by atoms with Crippen LogP contribution < -0.4 is 10.6 Å². The van der Waals surface area contributed by atoms with Crippen LogP contribution in [0.25, 0.3) is 0 Å². The van der Waals surface area contributed by atoms with E-state index in [1.807, 2.05) is 43.3 Å². The number of carbonyl (C=O) groups is 2. The smallest absolute Gasteiger partial charge is 0.257 e. The van der Waals surface area contributed by atoms with Gasteiger partial charge in [-0.3, -0.25) is 9.59 Å². The van der Waals surface area contributed by atoms with Crippen molar-refractivity contribution in [2.45, 2.75) is 39.0 Å². The van der Waals surface area contributed by atoms with Gasteiger partial charge in [-0.25, -0.2) is 0 Å². The Balaban J connectivity index is 1.42. The van der Waals surface area contributed by atoms with Gasteiger partial charge >= 0.3 is 0 Å². The van der Waals surface area contributed by atoms with Crippen LogP contribution >= 0.6 is 0 Å². The maximum absolute atomic E-state index is 12.7. The summed E-state index contributed by atoms with van der Waals surface area (Å²) >= 11 is 0. The molecule has 4 heteroatoms. The monoisotopic (exact) mass is 362 g/mol. The Morgan fingerprint density at radius 2 is 1.85 bits per heavy atom. The highest BCUT2D eigenvalue weighted by atomic mass is 16.2. The van der Waals surface area contributed by atoms with Crippen molar-refractivity contribution >= 4 is 23.2 Å². The van der Waals surface area contributed by atoms with Gasteiger partial charge in [-0.1, -0.05) is 30.7 Å². The second-order valence-corrected chi connectivity index (χ2v) is 8.06. The lowest BCUT2D eigenvalue weighted by molar-refractivity contribution is -0.117. The molecule has 140 valence electrons. The van der Waals surface area contributed by atoms with Crippen LogP contribution in [0.3, 0.4) is 0 Å². The molecule has 0 aliphatic heterocycles. The minimum absolute atomic E-state index is 0.0170. The fraction of sp³-hybridized carbons (Fsp3) is 0.391. The SMILES string of the molecule is Cc1cccc(NC(=O)c2ccccc2NC(=O)C[C@@H]2C[C@H]3CC[C@H]2C3)c1. The Kier molecular flexibility index (Phi) is 4.97. The molecule has 0 spiro atoms. The molecule has 0 unspecified atom stereocenters. The zero-order valence-corrected chi connectivity index (χ0v) is 15.7. The molecule has 2 saturated carbocycles. The molecule has 2 aliphatic carbocycles. The highest BCUT2D eigenvalue weighted by Gasteiger charge is 2.40. The molecule has 3 atom stereocenters. The Hall–Kier alpha value is -2.62. The largest absolute Gasteiger partial charge is 0.325 e. The second kappa shape index (κ2) is 7.55. The minimum Gasteiger partial charge on any atom is -0.325 e. The standard InChI is InChI=1S/C23H26N2O2/c1-15-5-4-6-19(11-15)24-23(27)20-7-2-3-8-21(20)25-22(26)14-18-13-16-9-10-17(18)12-16/h2-8,11,16-18H,9-10,12-14H2,1H3,(H,24,27)(H,25,26)/t16-,17-,18-/m0/s1. The van der Waals surface area contributed by atoms with Crippen LogP contribution in [0.2, 0.25) is 0 Å². The van der Waals surface area contributed by atoms with E-state index in [0.717, 1.165) is 23.1 Å². The average molecular weight is 362 g/mol. The van der Waals surface area contributed by atoms with Crippen molar-refractivity contribution in [3.63, 3.8) is 0 Å². The van der Waals surface area contributed by atoms with Crippen molar-refractivity contribution in [3.8, 4) is 0 Å². The quantitative estimate of drug-likeness (QED) is 0.785. The molecule has 2 aromatic rings. The average Bonchev–Trinajstić information content (AvgIpc) is 3.25. The highest BCUT2D eigenvalue weighted by molar-refractivity contribution is 6.10. The van der Waals surface area contributed by atoms with Gasteiger partial charge in [0.1, 0.15) is 0 Å². The third-order valence-corrected chi connectivity index (χ3v) is 6.05. The number of carbonyl (C=O) groups excluding carboxylic acids is 2. The minimum atomic E-state index is -0.212. The number of hydrogen-bond donors (Lipinski definition) is 2. The Morgan fingerprint density at radius 3 is 2.59 bits per heavy atom. The van der Waals surface area contributed by atoms with Gasteiger partial charge in [0.15, 0.2) is 0 Å². The maximum atomic E-state index is 12.7. The van der Waals surface area contributed by atoms with E-state index in [1.165, 1.54) is 25.7 Å². The number of aryl methyl sites for hydroxylation is 1. The summed E-state index contributed by atoms with van der Waals surface area (Å²) in [6.07, 6.45) is 5.67. The third kappa shape index (κ3) is 4.05. The maximum Gasteiger partial charge on any atom is 0.257 e. The predicted octanol–water partition coefficient (Wildman–Crippen LogP) is 5.01.